The van der Waals surface area contributed by atoms with Crippen LogP contribution in [0.25, 0.3) is 0 Å². The maximum absolute atomic E-state index is 12.0. The summed E-state index contributed by atoms with van der Waals surface area (Å²) in [6.45, 7) is 3.70. The van der Waals surface area contributed by atoms with E-state index in [1.54, 1.807) is 0 Å². The molecule has 3 N–H and O–H groups in total. The lowest BCUT2D eigenvalue weighted by Crippen LogP contribution is -2.58. The summed E-state index contributed by atoms with van der Waals surface area (Å²) < 4.78 is 0. The molecule has 0 radical (unpaired) electrons. The Morgan fingerprint density at radius 2 is 2.11 bits per heavy atom. The number of halogens is 2. The molecule has 0 bridgehead atoms. The molecule has 1 unspecified atom stereocenters. The van der Waals surface area contributed by atoms with Crippen molar-refractivity contribution in [1.82, 2.24) is 4.90 Å². The number of thioether (sulfide) groups is 1. The van der Waals surface area contributed by atoms with Crippen molar-refractivity contribution in [3.8, 4) is 0 Å². The summed E-state index contributed by atoms with van der Waals surface area (Å²) in [5.74, 6) is -1.33. The molecule has 1 saturated heterocycles. The molecule has 2 aliphatic rings. The fourth-order valence-electron chi connectivity index (χ4n) is 2.10. The fraction of sp³-hybridized carbons (Fsp3) is 0.455. The summed E-state index contributed by atoms with van der Waals surface area (Å²) in [5.41, 5.74) is 8.11. The first-order chi connectivity index (χ1) is 8.40. The first-order valence-electron chi connectivity index (χ1n) is 5.34. The molecule has 2 atom stereocenters. The first kappa shape index (κ1) is 16.7. The molecule has 2 aliphatic heterocycles. The number of nitrogens with two attached hydrogens (primary N) is 1. The Hall–Kier alpha value is -0.310. The number of carboxylic acids is 1. The van der Waals surface area contributed by atoms with Crippen LogP contribution in [0.15, 0.2) is 22.4 Å². The van der Waals surface area contributed by atoms with E-state index in [2.05, 4.69) is 15.9 Å². The van der Waals surface area contributed by atoms with Crippen LogP contribution in [0.1, 0.15) is 13.8 Å². The van der Waals surface area contributed by atoms with E-state index in [0.29, 0.717) is 16.5 Å². The third-order valence-corrected chi connectivity index (χ3v) is 4.87. The number of carboxylic acid groups (broad SMARTS) is 1. The summed E-state index contributed by atoms with van der Waals surface area (Å²) in [6.07, 6.45) is 0. The molecule has 1 amide bonds. The van der Waals surface area contributed by atoms with Crippen LogP contribution in [0.2, 0.25) is 0 Å². The smallest absolute Gasteiger partial charge is 0.352 e. The number of β-lactam (4-membered cyclic amide) rings is 1. The predicted octanol–water partition coefficient (Wildman–Crippen LogP) is 1.83. The third-order valence-electron chi connectivity index (χ3n) is 2.98. The lowest BCUT2D eigenvalue weighted by molar-refractivity contribution is -0.141. The summed E-state index contributed by atoms with van der Waals surface area (Å²) in [6, 6.07) is 0. The molecule has 0 aliphatic carbocycles. The minimum atomic E-state index is -1.11. The van der Waals surface area contributed by atoms with Crippen molar-refractivity contribution in [3.63, 3.8) is 0 Å². The number of hydrogen-bond donors (Lipinski definition) is 2. The molecule has 0 spiro atoms. The van der Waals surface area contributed by atoms with Crippen LogP contribution in [-0.2, 0) is 9.59 Å². The summed E-state index contributed by atoms with van der Waals surface area (Å²) in [5, 5.41) is 8.96. The lowest BCUT2D eigenvalue weighted by atomic mass is 9.98. The topological polar surface area (TPSA) is 83.6 Å². The quantitative estimate of drug-likeness (QED) is 0.410. The summed E-state index contributed by atoms with van der Waals surface area (Å²) in [7, 11) is 0. The van der Waals surface area contributed by atoms with Gasteiger partial charge >= 0.3 is 5.97 Å². The normalized spacial score (nSPS) is 25.6. The monoisotopic (exact) mass is 412 g/mol. The highest BCUT2D eigenvalue weighted by Gasteiger charge is 2.51. The molecule has 2 rings (SSSR count). The van der Waals surface area contributed by atoms with E-state index >= 15 is 0 Å². The Bertz CT molecular complexity index is 500. The van der Waals surface area contributed by atoms with Crippen molar-refractivity contribution in [2.45, 2.75) is 24.6 Å². The van der Waals surface area contributed by atoms with Crippen molar-refractivity contribution >= 4 is 56.5 Å². The van der Waals surface area contributed by atoms with E-state index in [1.807, 2.05) is 13.8 Å². The fourth-order valence-corrected chi connectivity index (χ4v) is 4.36. The maximum Gasteiger partial charge on any atom is 0.352 e. The van der Waals surface area contributed by atoms with Crippen LogP contribution in [0.5, 0.6) is 0 Å². The van der Waals surface area contributed by atoms with Gasteiger partial charge in [-0.05, 0) is 19.4 Å². The van der Waals surface area contributed by atoms with Gasteiger partial charge in [-0.3, -0.25) is 9.69 Å². The van der Waals surface area contributed by atoms with E-state index < -0.39 is 11.3 Å². The number of nitrogens with zero attached hydrogens (tertiary/aromatic N) is 1. The van der Waals surface area contributed by atoms with Crippen molar-refractivity contribution in [2.75, 3.05) is 5.33 Å². The molecule has 1 fully saturated rings. The molecule has 106 valence electrons. The van der Waals surface area contributed by atoms with E-state index in [1.165, 1.54) is 16.7 Å². The number of hydrogen-bond acceptors (Lipinski definition) is 4. The van der Waals surface area contributed by atoms with Gasteiger partial charge in [-0.25, -0.2) is 4.79 Å². The Kier molecular flexibility index (Phi) is 5.28. The van der Waals surface area contributed by atoms with E-state index in [-0.39, 0.29) is 34.0 Å². The number of carbonyl (C=O) groups excluding carboxylic acids is 1. The minimum absolute atomic E-state index is 0. The molecule has 0 aromatic rings. The predicted molar refractivity (Wildman–Crippen MR) is 83.4 cm³/mol. The molecule has 5 nitrogen and oxygen atoms in total. The number of fused-ring (bicyclic) bond motifs is 1. The number of alkyl halides is 1. The van der Waals surface area contributed by atoms with Gasteiger partial charge in [0.25, 0.3) is 5.91 Å². The molecule has 19 heavy (non-hydrogen) atoms. The second kappa shape index (κ2) is 5.99. The van der Waals surface area contributed by atoms with Gasteiger partial charge in [0.15, 0.2) is 0 Å². The largest absolute Gasteiger partial charge is 0.477 e. The van der Waals surface area contributed by atoms with Gasteiger partial charge in [0.05, 0.1) is 5.37 Å². The molecule has 0 saturated carbocycles. The summed E-state index contributed by atoms with van der Waals surface area (Å²) in [4.78, 5) is 24.7. The van der Waals surface area contributed by atoms with Gasteiger partial charge in [0, 0.05) is 10.9 Å². The van der Waals surface area contributed by atoms with Crippen LogP contribution in [-0.4, -0.2) is 38.0 Å². The Morgan fingerprint density at radius 3 is 2.53 bits per heavy atom. The third kappa shape index (κ3) is 2.51. The van der Waals surface area contributed by atoms with Gasteiger partial charge in [0.1, 0.15) is 11.1 Å². The van der Waals surface area contributed by atoms with Crippen molar-refractivity contribution < 1.29 is 14.7 Å². The second-order valence-corrected chi connectivity index (χ2v) is 6.10. The zero-order valence-corrected chi connectivity index (χ0v) is 14.5. The molecular weight excluding hydrogens is 400 g/mol. The second-order valence-electron chi connectivity index (χ2n) is 4.31. The zero-order valence-electron chi connectivity index (χ0n) is 10.3. The Morgan fingerprint density at radius 1 is 1.53 bits per heavy atom. The average Bonchev–Trinajstić information content (AvgIpc) is 2.26. The molecular formula is C11H14Br2N2O3S. The lowest BCUT2D eigenvalue weighted by Gasteiger charge is -2.48. The van der Waals surface area contributed by atoms with Gasteiger partial charge < -0.3 is 10.8 Å². The van der Waals surface area contributed by atoms with E-state index in [4.69, 9.17) is 5.73 Å². The number of rotatable bonds is 2. The minimum Gasteiger partial charge on any atom is -0.477 e. The molecule has 8 heteroatoms. The van der Waals surface area contributed by atoms with Gasteiger partial charge in [0.2, 0.25) is 0 Å². The van der Waals surface area contributed by atoms with E-state index in [0.717, 1.165) is 5.57 Å². The molecule has 0 aromatic heterocycles. The number of amides is 1. The van der Waals surface area contributed by atoms with Gasteiger partial charge in [-0.1, -0.05) is 21.5 Å². The number of carbonyl (C=O) groups is 2. The number of aliphatic carboxylic acids is 1. The summed E-state index contributed by atoms with van der Waals surface area (Å²) >= 11 is 4.63. The highest BCUT2D eigenvalue weighted by Crippen LogP contribution is 2.46. The van der Waals surface area contributed by atoms with Crippen LogP contribution in [0.4, 0.5) is 0 Å². The van der Waals surface area contributed by atoms with Crippen molar-refractivity contribution in [2.24, 2.45) is 5.73 Å². The van der Waals surface area contributed by atoms with Crippen molar-refractivity contribution in [1.29, 1.82) is 0 Å². The van der Waals surface area contributed by atoms with E-state index in [9.17, 15) is 14.7 Å². The molecule has 0 aromatic carbocycles. The van der Waals surface area contributed by atoms with Gasteiger partial charge in [-0.15, -0.1) is 28.7 Å². The van der Waals surface area contributed by atoms with Crippen LogP contribution >= 0.6 is 44.7 Å². The van der Waals surface area contributed by atoms with Crippen LogP contribution in [0, 0.1) is 0 Å². The van der Waals surface area contributed by atoms with Crippen LogP contribution in [0.3, 0.4) is 0 Å². The average molecular weight is 414 g/mol. The SMILES string of the molecule is Br.CC(C)=C1C(=O)N2C(C(=O)O)=C(CBr)C(N)S[C@H]12. The first-order valence-corrected chi connectivity index (χ1v) is 7.40. The Balaban J connectivity index is 0.00000180. The van der Waals surface area contributed by atoms with Gasteiger partial charge in [-0.2, -0.15) is 0 Å². The standard InChI is InChI=1S/C11H13BrN2O3S.BrH/c1-4(2)6-9(15)14-7(11(16)17)5(3-12)8(13)18-10(6)14;/h8,10H,3,13H2,1-2H3,(H,16,17);1H/t8?,10-;/m1./s1. The highest BCUT2D eigenvalue weighted by atomic mass is 79.9. The zero-order chi connectivity index (χ0) is 13.6. The Labute approximate surface area is 134 Å². The molecule has 2 heterocycles. The van der Waals surface area contributed by atoms with Crippen molar-refractivity contribution in [3.05, 3.63) is 22.4 Å². The highest BCUT2D eigenvalue weighted by molar-refractivity contribution is 9.09. The maximum atomic E-state index is 12.0. The number of allylic oxidation sites excluding steroid dienone is 1. The van der Waals surface area contributed by atoms with Crippen LogP contribution < -0.4 is 5.73 Å².